The smallest absolute Gasteiger partial charge is 0.276 e. The van der Waals surface area contributed by atoms with Crippen molar-refractivity contribution in [2.75, 3.05) is 21.3 Å². The molecular weight excluding hydrogens is 332 g/mol. The molecule has 0 aliphatic heterocycles. The third kappa shape index (κ3) is 3.66. The number of ether oxygens (including phenoxy) is 2. The lowest BCUT2D eigenvalue weighted by atomic mass is 10.2. The molecule has 0 radical (unpaired) electrons. The quantitative estimate of drug-likeness (QED) is 0.682. The minimum atomic E-state index is -0.207. The second-order valence-corrected chi connectivity index (χ2v) is 5.73. The average molecular weight is 352 g/mol. The van der Waals surface area contributed by atoms with E-state index in [4.69, 9.17) is 9.47 Å². The SMILES string of the molecule is COc1ccc(CN(C)C(=O)c2cn(-c3ccccc3)nn2)cc1OC. The van der Waals surface area contributed by atoms with Gasteiger partial charge in [0.15, 0.2) is 17.2 Å². The molecule has 3 aromatic rings. The Bertz CT molecular complexity index is 893. The number of carbonyl (C=O) groups excluding carboxylic acids is 1. The van der Waals surface area contributed by atoms with Crippen LogP contribution >= 0.6 is 0 Å². The molecule has 2 aromatic carbocycles. The Morgan fingerprint density at radius 2 is 1.81 bits per heavy atom. The Balaban J connectivity index is 1.73. The van der Waals surface area contributed by atoms with Crippen molar-refractivity contribution in [1.29, 1.82) is 0 Å². The number of hydrogen-bond acceptors (Lipinski definition) is 5. The van der Waals surface area contributed by atoms with Gasteiger partial charge in [0.25, 0.3) is 5.91 Å². The van der Waals surface area contributed by atoms with Crippen molar-refractivity contribution >= 4 is 5.91 Å². The van der Waals surface area contributed by atoms with Crippen molar-refractivity contribution < 1.29 is 14.3 Å². The van der Waals surface area contributed by atoms with Crippen LogP contribution in [0.2, 0.25) is 0 Å². The van der Waals surface area contributed by atoms with Gasteiger partial charge in [-0.3, -0.25) is 4.79 Å². The van der Waals surface area contributed by atoms with E-state index in [1.165, 1.54) is 0 Å². The molecule has 0 unspecified atom stereocenters. The largest absolute Gasteiger partial charge is 0.493 e. The monoisotopic (exact) mass is 352 g/mol. The number of aromatic nitrogens is 3. The zero-order valence-electron chi connectivity index (χ0n) is 14.9. The van der Waals surface area contributed by atoms with Crippen LogP contribution < -0.4 is 9.47 Å². The summed E-state index contributed by atoms with van der Waals surface area (Å²) >= 11 is 0. The molecule has 3 rings (SSSR count). The molecule has 0 saturated heterocycles. The first-order chi connectivity index (χ1) is 12.6. The summed E-state index contributed by atoms with van der Waals surface area (Å²) in [5, 5.41) is 8.02. The highest BCUT2D eigenvalue weighted by Gasteiger charge is 2.17. The molecule has 0 aliphatic carbocycles. The van der Waals surface area contributed by atoms with Gasteiger partial charge in [-0.15, -0.1) is 5.10 Å². The van der Waals surface area contributed by atoms with Crippen LogP contribution in [0, 0.1) is 0 Å². The van der Waals surface area contributed by atoms with E-state index in [0.29, 0.717) is 18.0 Å². The summed E-state index contributed by atoms with van der Waals surface area (Å²) in [5.74, 6) is 1.07. The van der Waals surface area contributed by atoms with Gasteiger partial charge in [0.05, 0.1) is 26.1 Å². The van der Waals surface area contributed by atoms with E-state index in [2.05, 4.69) is 10.3 Å². The van der Waals surface area contributed by atoms with E-state index in [0.717, 1.165) is 11.3 Å². The van der Waals surface area contributed by atoms with Gasteiger partial charge in [-0.2, -0.15) is 0 Å². The van der Waals surface area contributed by atoms with Crippen LogP contribution in [0.1, 0.15) is 16.1 Å². The minimum Gasteiger partial charge on any atom is -0.493 e. The summed E-state index contributed by atoms with van der Waals surface area (Å²) in [4.78, 5) is 14.2. The summed E-state index contributed by atoms with van der Waals surface area (Å²) in [7, 11) is 4.89. The third-order valence-corrected chi connectivity index (χ3v) is 3.95. The molecule has 1 heterocycles. The van der Waals surface area contributed by atoms with Crippen LogP contribution in [0.15, 0.2) is 54.7 Å². The first kappa shape index (κ1) is 17.5. The standard InChI is InChI=1S/C19H20N4O3/c1-22(12-14-9-10-17(25-2)18(11-14)26-3)19(24)16-13-23(21-20-16)15-7-5-4-6-8-15/h4-11,13H,12H2,1-3H3. The van der Waals surface area contributed by atoms with Crippen molar-refractivity contribution in [2.24, 2.45) is 0 Å². The van der Waals surface area contributed by atoms with Crippen molar-refractivity contribution in [1.82, 2.24) is 19.9 Å². The lowest BCUT2D eigenvalue weighted by Gasteiger charge is -2.17. The summed E-state index contributed by atoms with van der Waals surface area (Å²) in [6.07, 6.45) is 1.63. The number of rotatable bonds is 6. The van der Waals surface area contributed by atoms with Crippen LogP contribution in [-0.4, -0.2) is 47.1 Å². The Labute approximate surface area is 151 Å². The second kappa shape index (κ2) is 7.69. The molecule has 26 heavy (non-hydrogen) atoms. The molecule has 0 N–H and O–H groups in total. The van der Waals surface area contributed by atoms with E-state index in [9.17, 15) is 4.79 Å². The van der Waals surface area contributed by atoms with E-state index in [1.54, 1.807) is 37.0 Å². The average Bonchev–Trinajstić information content (AvgIpc) is 3.18. The Kier molecular flexibility index (Phi) is 5.17. The van der Waals surface area contributed by atoms with E-state index < -0.39 is 0 Å². The molecule has 0 aliphatic rings. The van der Waals surface area contributed by atoms with Crippen LogP contribution in [-0.2, 0) is 6.54 Å². The predicted molar refractivity (Wildman–Crippen MR) is 96.7 cm³/mol. The van der Waals surface area contributed by atoms with Crippen molar-refractivity contribution in [3.8, 4) is 17.2 Å². The first-order valence-electron chi connectivity index (χ1n) is 8.06. The highest BCUT2D eigenvalue weighted by atomic mass is 16.5. The molecule has 0 atom stereocenters. The molecule has 1 aromatic heterocycles. The molecule has 7 heteroatoms. The molecular formula is C19H20N4O3. The zero-order chi connectivity index (χ0) is 18.5. The lowest BCUT2D eigenvalue weighted by Crippen LogP contribution is -2.26. The van der Waals surface area contributed by atoms with Gasteiger partial charge >= 0.3 is 0 Å². The van der Waals surface area contributed by atoms with Gasteiger partial charge in [-0.25, -0.2) is 4.68 Å². The van der Waals surface area contributed by atoms with E-state index in [-0.39, 0.29) is 11.6 Å². The summed E-state index contributed by atoms with van der Waals surface area (Å²) in [5.41, 5.74) is 2.06. The molecule has 0 bridgehead atoms. The van der Waals surface area contributed by atoms with Gasteiger partial charge in [-0.1, -0.05) is 29.5 Å². The number of benzene rings is 2. The summed E-state index contributed by atoms with van der Waals surface area (Å²) in [6.45, 7) is 0.414. The maximum atomic E-state index is 12.6. The fourth-order valence-electron chi connectivity index (χ4n) is 2.59. The van der Waals surface area contributed by atoms with Crippen LogP contribution in [0.4, 0.5) is 0 Å². The Morgan fingerprint density at radius 3 is 2.50 bits per heavy atom. The van der Waals surface area contributed by atoms with Crippen molar-refractivity contribution in [2.45, 2.75) is 6.54 Å². The molecule has 0 spiro atoms. The Hall–Kier alpha value is -3.35. The van der Waals surface area contributed by atoms with Gasteiger partial charge < -0.3 is 14.4 Å². The number of carbonyl (C=O) groups is 1. The number of methoxy groups -OCH3 is 2. The van der Waals surface area contributed by atoms with Gasteiger partial charge in [0, 0.05) is 13.6 Å². The zero-order valence-corrected chi connectivity index (χ0v) is 14.9. The van der Waals surface area contributed by atoms with Gasteiger partial charge in [0.1, 0.15) is 0 Å². The molecule has 1 amide bonds. The molecule has 7 nitrogen and oxygen atoms in total. The number of amides is 1. The number of nitrogens with zero attached hydrogens (tertiary/aromatic N) is 4. The minimum absolute atomic E-state index is 0.207. The summed E-state index contributed by atoms with van der Waals surface area (Å²) in [6, 6.07) is 15.1. The lowest BCUT2D eigenvalue weighted by molar-refractivity contribution is 0.0779. The van der Waals surface area contributed by atoms with Crippen LogP contribution in [0.25, 0.3) is 5.69 Å². The third-order valence-electron chi connectivity index (χ3n) is 3.95. The predicted octanol–water partition coefficient (Wildman–Crippen LogP) is 2.56. The molecule has 0 saturated carbocycles. The highest BCUT2D eigenvalue weighted by molar-refractivity contribution is 5.91. The van der Waals surface area contributed by atoms with Crippen LogP contribution in [0.3, 0.4) is 0 Å². The topological polar surface area (TPSA) is 69.5 Å². The van der Waals surface area contributed by atoms with Gasteiger partial charge in [-0.05, 0) is 29.8 Å². The van der Waals surface area contributed by atoms with Crippen LogP contribution in [0.5, 0.6) is 11.5 Å². The maximum Gasteiger partial charge on any atom is 0.276 e. The summed E-state index contributed by atoms with van der Waals surface area (Å²) < 4.78 is 12.1. The van der Waals surface area contributed by atoms with Gasteiger partial charge in [0.2, 0.25) is 0 Å². The Morgan fingerprint density at radius 1 is 1.08 bits per heavy atom. The molecule has 0 fully saturated rings. The first-order valence-corrected chi connectivity index (χ1v) is 8.06. The molecule has 134 valence electrons. The number of para-hydroxylation sites is 1. The van der Waals surface area contributed by atoms with E-state index >= 15 is 0 Å². The fraction of sp³-hybridized carbons (Fsp3) is 0.211. The normalized spacial score (nSPS) is 10.4. The van der Waals surface area contributed by atoms with Crippen molar-refractivity contribution in [3.63, 3.8) is 0 Å². The second-order valence-electron chi connectivity index (χ2n) is 5.73. The highest BCUT2D eigenvalue weighted by Crippen LogP contribution is 2.28. The maximum absolute atomic E-state index is 12.6. The van der Waals surface area contributed by atoms with E-state index in [1.807, 2.05) is 48.5 Å². The fourth-order valence-corrected chi connectivity index (χ4v) is 2.59. The van der Waals surface area contributed by atoms with Crippen molar-refractivity contribution in [3.05, 3.63) is 66.0 Å². The number of hydrogen-bond donors (Lipinski definition) is 0.